The lowest BCUT2D eigenvalue weighted by molar-refractivity contribution is 1.22. The summed E-state index contributed by atoms with van der Waals surface area (Å²) in [5.74, 6) is 0. The van der Waals surface area contributed by atoms with Crippen LogP contribution < -0.4 is 0 Å². The minimum atomic E-state index is 1.10. The first-order valence-electron chi connectivity index (χ1n) is 4.19. The van der Waals surface area contributed by atoms with Gasteiger partial charge < -0.3 is 0 Å². The van der Waals surface area contributed by atoms with Crippen LogP contribution in [0.1, 0.15) is 13.3 Å². The van der Waals surface area contributed by atoms with Crippen LogP contribution in [-0.2, 0) is 0 Å². The van der Waals surface area contributed by atoms with Gasteiger partial charge in [0.2, 0.25) is 0 Å². The van der Waals surface area contributed by atoms with Gasteiger partial charge in [-0.25, -0.2) is 0 Å². The highest BCUT2D eigenvalue weighted by molar-refractivity contribution is 4.99. The Hall–Kier alpha value is -1.30. The van der Waals surface area contributed by atoms with Gasteiger partial charge in [0.15, 0.2) is 0 Å². The van der Waals surface area contributed by atoms with E-state index in [0.29, 0.717) is 0 Å². The summed E-state index contributed by atoms with van der Waals surface area (Å²) in [5.41, 5.74) is 0. The molecule has 1 aromatic rings. The molecular weight excluding hydrogens is 144 g/mol. The van der Waals surface area contributed by atoms with Gasteiger partial charge in [0.05, 0.1) is 0 Å². The van der Waals surface area contributed by atoms with Crippen LogP contribution in [0, 0.1) is 0 Å². The Morgan fingerprint density at radius 1 is 1.00 bits per heavy atom. The summed E-state index contributed by atoms with van der Waals surface area (Å²) in [4.78, 5) is 0. The number of hydrogen-bond donors (Lipinski definition) is 0. The Kier molecular flexibility index (Phi) is 8.65. The lowest BCUT2D eigenvalue weighted by Crippen LogP contribution is -1.47. The van der Waals surface area contributed by atoms with Crippen molar-refractivity contribution in [3.05, 3.63) is 61.2 Å². The monoisotopic (exact) mass is 160 g/mol. The molecule has 0 fully saturated rings. The zero-order valence-electron chi connectivity index (χ0n) is 7.61. The van der Waals surface area contributed by atoms with Gasteiger partial charge in [-0.3, -0.25) is 0 Å². The number of allylic oxidation sites excluding steroid dienone is 3. The molecule has 0 unspecified atom stereocenters. The maximum atomic E-state index is 3.51. The second-order valence-electron chi connectivity index (χ2n) is 2.23. The minimum Gasteiger partial charge on any atom is -0.0991 e. The molecule has 0 heterocycles. The van der Waals surface area contributed by atoms with E-state index < -0.39 is 0 Å². The molecular formula is C12H16. The summed E-state index contributed by atoms with van der Waals surface area (Å²) in [6.45, 7) is 5.61. The van der Waals surface area contributed by atoms with E-state index >= 15 is 0 Å². The molecule has 0 aliphatic carbocycles. The summed E-state index contributed by atoms with van der Waals surface area (Å²) in [5, 5.41) is 0. The third-order valence-corrected chi connectivity index (χ3v) is 1.17. The quantitative estimate of drug-likeness (QED) is 0.577. The summed E-state index contributed by atoms with van der Waals surface area (Å²) in [7, 11) is 0. The molecule has 0 N–H and O–H groups in total. The average molecular weight is 160 g/mol. The van der Waals surface area contributed by atoms with Crippen molar-refractivity contribution < 1.29 is 0 Å². The van der Waals surface area contributed by atoms with Crippen molar-refractivity contribution in [1.29, 1.82) is 0 Å². The lowest BCUT2D eigenvalue weighted by atomic mass is 10.4. The lowest BCUT2D eigenvalue weighted by Gasteiger charge is -1.69. The van der Waals surface area contributed by atoms with Gasteiger partial charge in [0, 0.05) is 0 Å². The molecule has 12 heavy (non-hydrogen) atoms. The first-order valence-corrected chi connectivity index (χ1v) is 4.19. The summed E-state index contributed by atoms with van der Waals surface area (Å²) >= 11 is 0. The minimum absolute atomic E-state index is 1.10. The molecule has 0 aliphatic heterocycles. The number of benzene rings is 1. The largest absolute Gasteiger partial charge is 0.0991 e. The molecule has 0 bridgehead atoms. The summed E-state index contributed by atoms with van der Waals surface area (Å²) in [6, 6.07) is 12.0. The van der Waals surface area contributed by atoms with Crippen LogP contribution in [0.5, 0.6) is 0 Å². The molecule has 0 nitrogen and oxygen atoms in total. The Morgan fingerprint density at radius 3 is 1.58 bits per heavy atom. The van der Waals surface area contributed by atoms with Crippen LogP contribution in [0.4, 0.5) is 0 Å². The van der Waals surface area contributed by atoms with Gasteiger partial charge in [0.25, 0.3) is 0 Å². The highest BCUT2D eigenvalue weighted by Gasteiger charge is 1.57. The van der Waals surface area contributed by atoms with E-state index in [4.69, 9.17) is 0 Å². The van der Waals surface area contributed by atoms with E-state index in [9.17, 15) is 0 Å². The molecule has 0 saturated carbocycles. The molecule has 1 aromatic carbocycles. The van der Waals surface area contributed by atoms with Gasteiger partial charge in [0.1, 0.15) is 0 Å². The van der Waals surface area contributed by atoms with Gasteiger partial charge in [-0.1, -0.05) is 68.1 Å². The topological polar surface area (TPSA) is 0 Å². The van der Waals surface area contributed by atoms with Gasteiger partial charge in [-0.2, -0.15) is 0 Å². The van der Waals surface area contributed by atoms with Crippen molar-refractivity contribution in [2.45, 2.75) is 13.3 Å². The van der Waals surface area contributed by atoms with Gasteiger partial charge in [-0.05, 0) is 6.42 Å². The third kappa shape index (κ3) is 8.70. The van der Waals surface area contributed by atoms with Crippen molar-refractivity contribution in [1.82, 2.24) is 0 Å². The second-order valence-corrected chi connectivity index (χ2v) is 2.23. The number of hydrogen-bond acceptors (Lipinski definition) is 0. The molecule has 0 saturated heterocycles. The predicted molar refractivity (Wildman–Crippen MR) is 56.1 cm³/mol. The van der Waals surface area contributed by atoms with Crippen molar-refractivity contribution in [3.63, 3.8) is 0 Å². The third-order valence-electron chi connectivity index (χ3n) is 1.17. The van der Waals surface area contributed by atoms with E-state index in [1.165, 1.54) is 0 Å². The fourth-order valence-electron chi connectivity index (χ4n) is 0.617. The van der Waals surface area contributed by atoms with E-state index in [1.807, 2.05) is 42.5 Å². The first-order chi connectivity index (χ1) is 5.91. The first kappa shape index (κ1) is 10.7. The fourth-order valence-corrected chi connectivity index (χ4v) is 0.617. The maximum absolute atomic E-state index is 3.51. The Balaban J connectivity index is 0.000000202. The second kappa shape index (κ2) is 9.70. The zero-order valence-corrected chi connectivity index (χ0v) is 7.61. The molecule has 0 aromatic heterocycles. The summed E-state index contributed by atoms with van der Waals surface area (Å²) in [6.07, 6.45) is 6.89. The Bertz CT molecular complexity index is 170. The van der Waals surface area contributed by atoms with Crippen LogP contribution in [-0.4, -0.2) is 0 Å². The molecule has 64 valence electrons. The molecule has 0 amide bonds. The number of rotatable bonds is 2. The van der Waals surface area contributed by atoms with Crippen LogP contribution in [0.2, 0.25) is 0 Å². The van der Waals surface area contributed by atoms with Crippen LogP contribution in [0.25, 0.3) is 0 Å². The smallest absolute Gasteiger partial charge is 0.0376 e. The normalized spacial score (nSPS) is 8.75. The predicted octanol–water partition coefficient (Wildman–Crippen LogP) is 3.83. The van der Waals surface area contributed by atoms with Crippen LogP contribution in [0.3, 0.4) is 0 Å². The van der Waals surface area contributed by atoms with E-state index in [1.54, 1.807) is 6.08 Å². The molecule has 0 heteroatoms. The maximum Gasteiger partial charge on any atom is -0.0376 e. The van der Waals surface area contributed by atoms with Crippen molar-refractivity contribution in [2.24, 2.45) is 0 Å². The molecule has 0 atom stereocenters. The molecule has 1 rings (SSSR count). The Morgan fingerprint density at radius 2 is 1.42 bits per heavy atom. The molecule has 0 spiro atoms. The summed E-state index contributed by atoms with van der Waals surface area (Å²) < 4.78 is 0. The van der Waals surface area contributed by atoms with Crippen molar-refractivity contribution >= 4 is 0 Å². The Labute approximate surface area is 75.2 Å². The highest BCUT2D eigenvalue weighted by atomic mass is 13.6. The average Bonchev–Trinajstić information content (AvgIpc) is 2.18. The standard InChI is InChI=1S/C6H6.C6H10/c1-2-4-6-5-3-1;1-3-5-6-4-2/h1-6H;3,5-6H,1,4H2,2H3/b;6-5-. The van der Waals surface area contributed by atoms with E-state index in [0.717, 1.165) is 6.42 Å². The zero-order chi connectivity index (χ0) is 9.07. The van der Waals surface area contributed by atoms with Crippen molar-refractivity contribution in [2.75, 3.05) is 0 Å². The van der Waals surface area contributed by atoms with Crippen molar-refractivity contribution in [3.8, 4) is 0 Å². The van der Waals surface area contributed by atoms with Crippen LogP contribution in [0.15, 0.2) is 61.2 Å². The van der Waals surface area contributed by atoms with Gasteiger partial charge in [-0.15, -0.1) is 0 Å². The fraction of sp³-hybridized carbons (Fsp3) is 0.167. The highest BCUT2D eigenvalue weighted by Crippen LogP contribution is 1.80. The SMILES string of the molecule is C=C/C=C\CC.c1ccccc1. The van der Waals surface area contributed by atoms with E-state index in [-0.39, 0.29) is 0 Å². The van der Waals surface area contributed by atoms with Crippen LogP contribution >= 0.6 is 0 Å². The van der Waals surface area contributed by atoms with E-state index in [2.05, 4.69) is 19.6 Å². The molecule has 0 radical (unpaired) electrons. The van der Waals surface area contributed by atoms with Gasteiger partial charge >= 0.3 is 0 Å². The molecule has 0 aliphatic rings.